The van der Waals surface area contributed by atoms with E-state index in [0.717, 1.165) is 12.8 Å². The third-order valence-corrected chi connectivity index (χ3v) is 4.73. The summed E-state index contributed by atoms with van der Waals surface area (Å²) in [6.45, 7) is 2.68. The fraction of sp³-hybridized carbons (Fsp3) is 0.421. The fourth-order valence-corrected chi connectivity index (χ4v) is 3.19. The molecule has 1 fully saturated rings. The molecule has 3 N–H and O–H groups in total. The number of fused-ring (bicyclic) bond motifs is 1. The zero-order chi connectivity index (χ0) is 20.3. The molecular formula is C19H22ClN3O5. The number of rotatable bonds is 9. The van der Waals surface area contributed by atoms with E-state index in [2.05, 4.69) is 10.6 Å². The molecule has 1 aliphatic rings. The minimum atomic E-state index is -0.853. The fourth-order valence-electron chi connectivity index (χ4n) is 2.97. The number of pyridine rings is 1. The van der Waals surface area contributed by atoms with Gasteiger partial charge in [0, 0.05) is 32.6 Å². The van der Waals surface area contributed by atoms with Crippen LogP contribution in [-0.2, 0) is 9.59 Å². The maximum atomic E-state index is 12.8. The highest BCUT2D eigenvalue weighted by Crippen LogP contribution is 2.39. The van der Waals surface area contributed by atoms with Crippen molar-refractivity contribution in [1.29, 1.82) is 0 Å². The SMILES string of the molecule is CC(=O)Oc1cn(C2CC2)c2cc(Cl)c(NCCNCCC(=O)O)cc2c1=O. The van der Waals surface area contributed by atoms with Gasteiger partial charge >= 0.3 is 11.9 Å². The van der Waals surface area contributed by atoms with E-state index in [1.165, 1.54) is 6.92 Å². The molecule has 2 aromatic rings. The maximum Gasteiger partial charge on any atom is 0.308 e. The first-order valence-corrected chi connectivity index (χ1v) is 9.48. The molecule has 0 unspecified atom stereocenters. The van der Waals surface area contributed by atoms with Crippen LogP contribution in [0.25, 0.3) is 10.9 Å². The van der Waals surface area contributed by atoms with Gasteiger partial charge in [-0.3, -0.25) is 14.4 Å². The number of carbonyl (C=O) groups excluding carboxylic acids is 1. The highest BCUT2D eigenvalue weighted by molar-refractivity contribution is 6.34. The van der Waals surface area contributed by atoms with Crippen LogP contribution in [-0.4, -0.2) is 41.2 Å². The second-order valence-electron chi connectivity index (χ2n) is 6.72. The van der Waals surface area contributed by atoms with Gasteiger partial charge in [0.2, 0.25) is 5.43 Å². The number of carboxylic acid groups (broad SMARTS) is 1. The predicted octanol–water partition coefficient (Wildman–Crippen LogP) is 2.39. The van der Waals surface area contributed by atoms with Crippen LogP contribution in [0, 0.1) is 0 Å². The molecule has 9 heteroatoms. The van der Waals surface area contributed by atoms with Crippen LogP contribution in [0.5, 0.6) is 5.75 Å². The Morgan fingerprint density at radius 1 is 1.29 bits per heavy atom. The molecule has 0 spiro atoms. The lowest BCUT2D eigenvalue weighted by molar-refractivity contribution is -0.137. The molecule has 0 aliphatic heterocycles. The minimum Gasteiger partial charge on any atom is -0.481 e. The van der Waals surface area contributed by atoms with Crippen molar-refractivity contribution in [3.05, 3.63) is 33.6 Å². The first kappa shape index (κ1) is 20.2. The van der Waals surface area contributed by atoms with Gasteiger partial charge < -0.3 is 25.0 Å². The van der Waals surface area contributed by atoms with Gasteiger partial charge in [-0.1, -0.05) is 11.6 Å². The third kappa shape index (κ3) is 4.82. The van der Waals surface area contributed by atoms with E-state index in [9.17, 15) is 14.4 Å². The number of carbonyl (C=O) groups is 2. The van der Waals surface area contributed by atoms with Crippen LogP contribution in [0.15, 0.2) is 23.1 Å². The summed E-state index contributed by atoms with van der Waals surface area (Å²) in [6.07, 6.45) is 3.63. The number of nitrogens with zero attached hydrogens (tertiary/aromatic N) is 1. The second-order valence-corrected chi connectivity index (χ2v) is 7.13. The number of ether oxygens (including phenoxy) is 1. The summed E-state index contributed by atoms with van der Waals surface area (Å²) in [7, 11) is 0. The Morgan fingerprint density at radius 2 is 2.04 bits per heavy atom. The number of carboxylic acids is 1. The van der Waals surface area contributed by atoms with Gasteiger partial charge in [-0.15, -0.1) is 0 Å². The van der Waals surface area contributed by atoms with Gasteiger partial charge in [0.15, 0.2) is 5.75 Å². The normalized spacial score (nSPS) is 13.5. The number of aliphatic carboxylic acids is 1. The molecule has 1 heterocycles. The lowest BCUT2D eigenvalue weighted by Gasteiger charge is -2.15. The predicted molar refractivity (Wildman–Crippen MR) is 106 cm³/mol. The van der Waals surface area contributed by atoms with Crippen molar-refractivity contribution < 1.29 is 19.4 Å². The first-order chi connectivity index (χ1) is 13.4. The van der Waals surface area contributed by atoms with E-state index < -0.39 is 11.9 Å². The summed E-state index contributed by atoms with van der Waals surface area (Å²) >= 11 is 6.40. The van der Waals surface area contributed by atoms with Gasteiger partial charge in [0.25, 0.3) is 0 Å². The molecule has 28 heavy (non-hydrogen) atoms. The third-order valence-electron chi connectivity index (χ3n) is 4.42. The molecule has 1 aromatic heterocycles. The van der Waals surface area contributed by atoms with E-state index >= 15 is 0 Å². The number of hydrogen-bond acceptors (Lipinski definition) is 6. The number of halogens is 1. The number of nitrogens with one attached hydrogen (secondary N) is 2. The molecule has 3 rings (SSSR count). The Labute approximate surface area is 166 Å². The van der Waals surface area contributed by atoms with Gasteiger partial charge in [0.1, 0.15) is 0 Å². The molecule has 1 saturated carbocycles. The summed E-state index contributed by atoms with van der Waals surface area (Å²) in [4.78, 5) is 34.6. The van der Waals surface area contributed by atoms with Crippen molar-refractivity contribution >= 4 is 40.1 Å². The summed E-state index contributed by atoms with van der Waals surface area (Å²) in [5, 5.41) is 15.7. The average molecular weight is 408 g/mol. The molecule has 0 radical (unpaired) electrons. The van der Waals surface area contributed by atoms with E-state index in [1.807, 2.05) is 4.57 Å². The lowest BCUT2D eigenvalue weighted by atomic mass is 10.1. The highest BCUT2D eigenvalue weighted by atomic mass is 35.5. The van der Waals surface area contributed by atoms with Crippen LogP contribution in [0.4, 0.5) is 5.69 Å². The van der Waals surface area contributed by atoms with Crippen LogP contribution in [0.3, 0.4) is 0 Å². The largest absolute Gasteiger partial charge is 0.481 e. The van der Waals surface area contributed by atoms with Crippen molar-refractivity contribution in [2.45, 2.75) is 32.2 Å². The van der Waals surface area contributed by atoms with E-state index in [0.29, 0.717) is 41.2 Å². The topological polar surface area (TPSA) is 110 Å². The summed E-state index contributed by atoms with van der Waals surface area (Å²) < 4.78 is 7.05. The standard InChI is InChI=1S/C19H22ClN3O5/c1-11(24)28-17-10-23(12-2-3-12)16-9-14(20)15(8-13(16)19(17)27)22-7-6-21-5-4-18(25)26/h8-10,12,21-22H,2-7H2,1H3,(H,25,26). The Morgan fingerprint density at radius 3 is 2.68 bits per heavy atom. The van der Waals surface area contributed by atoms with Crippen molar-refractivity contribution in [2.75, 3.05) is 25.0 Å². The number of aromatic nitrogens is 1. The first-order valence-electron chi connectivity index (χ1n) is 9.10. The van der Waals surface area contributed by atoms with Crippen molar-refractivity contribution in [2.24, 2.45) is 0 Å². The molecule has 150 valence electrons. The maximum absolute atomic E-state index is 12.8. The number of anilines is 1. The molecule has 1 aromatic carbocycles. The monoisotopic (exact) mass is 407 g/mol. The van der Waals surface area contributed by atoms with Crippen molar-refractivity contribution in [3.63, 3.8) is 0 Å². The highest BCUT2D eigenvalue weighted by Gasteiger charge is 2.26. The molecule has 0 bridgehead atoms. The molecule has 0 atom stereocenters. The quantitative estimate of drug-likeness (QED) is 0.432. The summed E-state index contributed by atoms with van der Waals surface area (Å²) in [6, 6.07) is 3.68. The average Bonchev–Trinajstić information content (AvgIpc) is 3.45. The minimum absolute atomic E-state index is 0.00973. The summed E-state index contributed by atoms with van der Waals surface area (Å²) in [5.74, 6) is -1.39. The van der Waals surface area contributed by atoms with Gasteiger partial charge in [-0.2, -0.15) is 0 Å². The molecule has 8 nitrogen and oxygen atoms in total. The molecule has 0 saturated heterocycles. The van der Waals surface area contributed by atoms with Crippen LogP contribution in [0.1, 0.15) is 32.2 Å². The van der Waals surface area contributed by atoms with Gasteiger partial charge in [-0.25, -0.2) is 0 Å². The Balaban J connectivity index is 1.83. The Hall–Kier alpha value is -2.58. The van der Waals surface area contributed by atoms with Crippen LogP contribution in [0.2, 0.25) is 5.02 Å². The van der Waals surface area contributed by atoms with Gasteiger partial charge in [-0.05, 0) is 25.0 Å². The second kappa shape index (κ2) is 8.62. The van der Waals surface area contributed by atoms with E-state index in [4.69, 9.17) is 21.4 Å². The summed E-state index contributed by atoms with van der Waals surface area (Å²) in [5.41, 5.74) is 0.938. The van der Waals surface area contributed by atoms with Crippen LogP contribution < -0.4 is 20.8 Å². The molecular weight excluding hydrogens is 386 g/mol. The Kier molecular flexibility index (Phi) is 6.21. The molecule has 1 aliphatic carbocycles. The number of esters is 1. The van der Waals surface area contributed by atoms with Crippen LogP contribution >= 0.6 is 11.6 Å². The number of hydrogen-bond donors (Lipinski definition) is 3. The van der Waals surface area contributed by atoms with E-state index in [-0.39, 0.29) is 23.6 Å². The van der Waals surface area contributed by atoms with Crippen molar-refractivity contribution in [3.8, 4) is 5.75 Å². The Bertz CT molecular complexity index is 968. The zero-order valence-electron chi connectivity index (χ0n) is 15.5. The van der Waals surface area contributed by atoms with Crippen molar-refractivity contribution in [1.82, 2.24) is 9.88 Å². The smallest absolute Gasteiger partial charge is 0.308 e. The van der Waals surface area contributed by atoms with Gasteiger partial charge in [0.05, 0.1) is 34.2 Å². The molecule has 0 amide bonds. The number of benzene rings is 1. The zero-order valence-corrected chi connectivity index (χ0v) is 16.2. The lowest BCUT2D eigenvalue weighted by Crippen LogP contribution is -2.24. The van der Waals surface area contributed by atoms with E-state index in [1.54, 1.807) is 18.3 Å².